The van der Waals surface area contributed by atoms with Crippen molar-refractivity contribution >= 4 is 15.7 Å². The average Bonchev–Trinajstić information content (AvgIpc) is 2.26. The number of sulfonamides is 1. The zero-order chi connectivity index (χ0) is 13.9. The Morgan fingerprint density at radius 2 is 2.17 bits per heavy atom. The molecule has 0 saturated heterocycles. The normalized spacial score (nSPS) is 13.3. The molecule has 18 heavy (non-hydrogen) atoms. The van der Waals surface area contributed by atoms with E-state index in [2.05, 4.69) is 0 Å². The van der Waals surface area contributed by atoms with E-state index in [1.54, 1.807) is 0 Å². The van der Waals surface area contributed by atoms with E-state index in [-0.39, 0.29) is 6.54 Å². The first-order valence-electron chi connectivity index (χ1n) is 4.85. The lowest BCUT2D eigenvalue weighted by Crippen LogP contribution is -2.31. The largest absolute Gasteiger partial charge is 0.392 e. The van der Waals surface area contributed by atoms with Crippen LogP contribution in [0.1, 0.15) is 6.92 Å². The number of nitrogens with one attached hydrogen (secondary N) is 1. The van der Waals surface area contributed by atoms with Gasteiger partial charge in [-0.3, -0.25) is 10.1 Å². The van der Waals surface area contributed by atoms with Crippen LogP contribution in [0.25, 0.3) is 0 Å². The van der Waals surface area contributed by atoms with Crippen LogP contribution < -0.4 is 4.72 Å². The van der Waals surface area contributed by atoms with E-state index in [9.17, 15) is 22.9 Å². The average molecular weight is 278 g/mol. The summed E-state index contributed by atoms with van der Waals surface area (Å²) in [6.07, 6.45) is -0.930. The van der Waals surface area contributed by atoms with Crippen molar-refractivity contribution < 1.29 is 22.8 Å². The van der Waals surface area contributed by atoms with E-state index in [0.717, 1.165) is 12.1 Å². The van der Waals surface area contributed by atoms with Crippen molar-refractivity contribution in [1.82, 2.24) is 4.72 Å². The van der Waals surface area contributed by atoms with Gasteiger partial charge in [0.25, 0.3) is 5.69 Å². The molecule has 0 amide bonds. The third-order valence-corrected chi connectivity index (χ3v) is 3.44. The van der Waals surface area contributed by atoms with Crippen molar-refractivity contribution in [3.8, 4) is 0 Å². The zero-order valence-corrected chi connectivity index (χ0v) is 10.1. The van der Waals surface area contributed by atoms with Gasteiger partial charge in [0.2, 0.25) is 10.0 Å². The number of non-ortho nitro benzene ring substituents is 1. The maximum Gasteiger partial charge on any atom is 0.272 e. The molecule has 0 bridgehead atoms. The maximum absolute atomic E-state index is 13.4. The van der Waals surface area contributed by atoms with Crippen LogP contribution in [0, 0.1) is 15.9 Å². The van der Waals surface area contributed by atoms with Gasteiger partial charge in [0.15, 0.2) is 0 Å². The van der Waals surface area contributed by atoms with Gasteiger partial charge in [0, 0.05) is 12.6 Å². The smallest absolute Gasteiger partial charge is 0.272 e. The van der Waals surface area contributed by atoms with Crippen molar-refractivity contribution in [2.75, 3.05) is 6.54 Å². The predicted molar refractivity (Wildman–Crippen MR) is 59.9 cm³/mol. The Morgan fingerprint density at radius 3 is 2.61 bits per heavy atom. The fraction of sp³-hybridized carbons (Fsp3) is 0.333. The highest BCUT2D eigenvalue weighted by Gasteiger charge is 2.21. The molecular weight excluding hydrogens is 267 g/mol. The number of nitro benzene ring substituents is 1. The number of benzene rings is 1. The minimum Gasteiger partial charge on any atom is -0.392 e. The van der Waals surface area contributed by atoms with Crippen LogP contribution in [-0.2, 0) is 10.0 Å². The lowest BCUT2D eigenvalue weighted by molar-refractivity contribution is -0.385. The van der Waals surface area contributed by atoms with Crippen LogP contribution in [-0.4, -0.2) is 31.1 Å². The summed E-state index contributed by atoms with van der Waals surface area (Å²) in [5.41, 5.74) is -0.540. The molecule has 0 spiro atoms. The Balaban J connectivity index is 3.06. The summed E-state index contributed by atoms with van der Waals surface area (Å²) in [6.45, 7) is 1.08. The topological polar surface area (TPSA) is 110 Å². The van der Waals surface area contributed by atoms with Crippen LogP contribution >= 0.6 is 0 Å². The first-order valence-corrected chi connectivity index (χ1v) is 6.34. The number of hydrogen-bond donors (Lipinski definition) is 2. The molecule has 9 heteroatoms. The third-order valence-electron chi connectivity index (χ3n) is 1.98. The summed E-state index contributed by atoms with van der Waals surface area (Å²) < 4.78 is 38.6. The zero-order valence-electron chi connectivity index (χ0n) is 9.33. The van der Waals surface area contributed by atoms with Crippen molar-refractivity contribution in [2.45, 2.75) is 17.9 Å². The van der Waals surface area contributed by atoms with Crippen LogP contribution in [0.2, 0.25) is 0 Å². The summed E-state index contributed by atoms with van der Waals surface area (Å²) in [6, 6.07) is 2.22. The highest BCUT2D eigenvalue weighted by Crippen LogP contribution is 2.20. The molecule has 1 unspecified atom stereocenters. The third kappa shape index (κ3) is 3.45. The fourth-order valence-electron chi connectivity index (χ4n) is 1.13. The van der Waals surface area contributed by atoms with Crippen molar-refractivity contribution in [2.24, 2.45) is 0 Å². The number of rotatable bonds is 5. The van der Waals surface area contributed by atoms with Crippen LogP contribution in [0.4, 0.5) is 10.1 Å². The molecule has 0 aliphatic carbocycles. The van der Waals surface area contributed by atoms with E-state index in [1.807, 2.05) is 4.72 Å². The number of nitrogens with zero attached hydrogens (tertiary/aromatic N) is 1. The molecule has 0 aromatic heterocycles. The van der Waals surface area contributed by atoms with Gasteiger partial charge in [-0.05, 0) is 13.0 Å². The van der Waals surface area contributed by atoms with E-state index in [1.165, 1.54) is 6.92 Å². The van der Waals surface area contributed by atoms with Gasteiger partial charge >= 0.3 is 0 Å². The number of aliphatic hydroxyl groups is 1. The second-order valence-corrected chi connectivity index (χ2v) is 5.31. The monoisotopic (exact) mass is 278 g/mol. The second-order valence-electron chi connectivity index (χ2n) is 3.57. The van der Waals surface area contributed by atoms with Gasteiger partial charge in [-0.25, -0.2) is 17.5 Å². The lowest BCUT2D eigenvalue weighted by atomic mass is 10.3. The standard InChI is InChI=1S/C9H11FN2O5S/c1-6(13)5-11-18(16,17)9-3-2-7(12(14)15)4-8(9)10/h2-4,6,11,13H,5H2,1H3. The second kappa shape index (κ2) is 5.38. The van der Waals surface area contributed by atoms with Crippen molar-refractivity contribution in [3.63, 3.8) is 0 Å². The number of aliphatic hydroxyl groups excluding tert-OH is 1. The van der Waals surface area contributed by atoms with Gasteiger partial charge in [0.1, 0.15) is 10.7 Å². The van der Waals surface area contributed by atoms with Gasteiger partial charge in [-0.15, -0.1) is 0 Å². The van der Waals surface area contributed by atoms with Crippen molar-refractivity contribution in [3.05, 3.63) is 34.1 Å². The molecule has 0 heterocycles. The van der Waals surface area contributed by atoms with Gasteiger partial charge < -0.3 is 5.11 Å². The summed E-state index contributed by atoms with van der Waals surface area (Å²) in [5, 5.41) is 19.3. The highest BCUT2D eigenvalue weighted by molar-refractivity contribution is 7.89. The maximum atomic E-state index is 13.4. The Morgan fingerprint density at radius 1 is 1.56 bits per heavy atom. The molecule has 1 rings (SSSR count). The highest BCUT2D eigenvalue weighted by atomic mass is 32.2. The summed E-state index contributed by atoms with van der Waals surface area (Å²) in [4.78, 5) is 8.84. The van der Waals surface area contributed by atoms with Crippen molar-refractivity contribution in [1.29, 1.82) is 0 Å². The molecule has 0 fully saturated rings. The minimum absolute atomic E-state index is 0.279. The summed E-state index contributed by atoms with van der Waals surface area (Å²) in [7, 11) is -4.14. The first-order chi connectivity index (χ1) is 8.24. The predicted octanol–water partition coefficient (Wildman–Crippen LogP) is 0.393. The van der Waals surface area contributed by atoms with Crippen LogP contribution in [0.5, 0.6) is 0 Å². The minimum atomic E-state index is -4.14. The fourth-order valence-corrected chi connectivity index (χ4v) is 2.31. The van der Waals surface area contributed by atoms with E-state index in [4.69, 9.17) is 5.11 Å². The molecule has 100 valence electrons. The Kier molecular flexibility index (Phi) is 4.33. The molecule has 0 saturated carbocycles. The Bertz CT molecular complexity index is 558. The van der Waals surface area contributed by atoms with E-state index < -0.39 is 37.5 Å². The first kappa shape index (κ1) is 14.5. The molecular formula is C9H11FN2O5S. The van der Waals surface area contributed by atoms with Gasteiger partial charge in [-0.2, -0.15) is 0 Å². The molecule has 0 aliphatic heterocycles. The summed E-state index contributed by atoms with van der Waals surface area (Å²) >= 11 is 0. The number of hydrogen-bond acceptors (Lipinski definition) is 5. The summed E-state index contributed by atoms with van der Waals surface area (Å²) in [5.74, 6) is -1.22. The van der Waals surface area contributed by atoms with Crippen LogP contribution in [0.3, 0.4) is 0 Å². The van der Waals surface area contributed by atoms with E-state index in [0.29, 0.717) is 6.07 Å². The van der Waals surface area contributed by atoms with E-state index >= 15 is 0 Å². The van der Waals surface area contributed by atoms with Gasteiger partial charge in [-0.1, -0.05) is 0 Å². The number of nitro groups is 1. The SMILES string of the molecule is CC(O)CNS(=O)(=O)c1ccc([N+](=O)[O-])cc1F. The Hall–Kier alpha value is -1.58. The molecule has 7 nitrogen and oxygen atoms in total. The van der Waals surface area contributed by atoms with Gasteiger partial charge in [0.05, 0.1) is 17.1 Å². The quantitative estimate of drug-likeness (QED) is 0.598. The molecule has 0 radical (unpaired) electrons. The molecule has 1 aromatic carbocycles. The molecule has 0 aliphatic rings. The molecule has 1 atom stereocenters. The lowest BCUT2D eigenvalue weighted by Gasteiger charge is -2.08. The Labute approximate surface area is 102 Å². The number of halogens is 1. The molecule has 2 N–H and O–H groups in total. The van der Waals surface area contributed by atoms with Crippen LogP contribution in [0.15, 0.2) is 23.1 Å². The molecule has 1 aromatic rings.